The highest BCUT2D eigenvalue weighted by Crippen LogP contribution is 2.26. The molecule has 2 heterocycles. The molecule has 6 nitrogen and oxygen atoms in total. The maximum atomic E-state index is 12.1. The Morgan fingerprint density at radius 3 is 2.58 bits per heavy atom. The number of nitrogens with one attached hydrogen (secondary N) is 1. The average Bonchev–Trinajstić information content (AvgIpc) is 3.34. The first kappa shape index (κ1) is 21.1. The van der Waals surface area contributed by atoms with Gasteiger partial charge in [0, 0.05) is 29.8 Å². The number of rotatable bonds is 9. The summed E-state index contributed by atoms with van der Waals surface area (Å²) in [4.78, 5) is 18.9. The van der Waals surface area contributed by atoms with Crippen LogP contribution in [0.15, 0.2) is 54.6 Å². The fourth-order valence-electron chi connectivity index (χ4n) is 3.48. The van der Waals surface area contributed by atoms with Gasteiger partial charge in [0.2, 0.25) is 10.9 Å². The van der Waals surface area contributed by atoms with Crippen molar-refractivity contribution in [1.82, 2.24) is 19.9 Å². The van der Waals surface area contributed by atoms with Crippen molar-refractivity contribution in [2.75, 3.05) is 13.7 Å². The molecule has 0 spiro atoms. The van der Waals surface area contributed by atoms with E-state index in [0.29, 0.717) is 18.8 Å². The monoisotopic (exact) mass is 434 g/mol. The molecule has 0 aliphatic rings. The van der Waals surface area contributed by atoms with Crippen LogP contribution in [0.4, 0.5) is 0 Å². The molecule has 7 heteroatoms. The summed E-state index contributed by atoms with van der Waals surface area (Å²) >= 11 is 1.63. The second kappa shape index (κ2) is 9.75. The van der Waals surface area contributed by atoms with E-state index in [0.717, 1.165) is 41.2 Å². The topological polar surface area (TPSA) is 68.5 Å². The smallest absolute Gasteiger partial charge is 0.220 e. The Morgan fingerprint density at radius 1 is 1.10 bits per heavy atom. The van der Waals surface area contributed by atoms with Gasteiger partial charge in [0.05, 0.1) is 12.8 Å². The van der Waals surface area contributed by atoms with E-state index >= 15 is 0 Å². The Hall–Kier alpha value is -3.19. The molecule has 0 radical (unpaired) electrons. The molecule has 4 rings (SSSR count). The van der Waals surface area contributed by atoms with E-state index in [1.54, 1.807) is 18.4 Å². The predicted molar refractivity (Wildman–Crippen MR) is 124 cm³/mol. The van der Waals surface area contributed by atoms with Crippen LogP contribution in [-0.2, 0) is 17.6 Å². The number of nitrogens with zero attached hydrogens (tertiary/aromatic N) is 3. The maximum Gasteiger partial charge on any atom is 0.220 e. The van der Waals surface area contributed by atoms with E-state index in [9.17, 15) is 4.79 Å². The van der Waals surface area contributed by atoms with Gasteiger partial charge >= 0.3 is 0 Å². The average molecular weight is 435 g/mol. The van der Waals surface area contributed by atoms with Crippen molar-refractivity contribution in [2.45, 2.75) is 32.6 Å². The van der Waals surface area contributed by atoms with Crippen molar-refractivity contribution < 1.29 is 9.53 Å². The molecule has 0 saturated heterocycles. The molecule has 160 valence electrons. The van der Waals surface area contributed by atoms with Gasteiger partial charge in [0.15, 0.2) is 5.82 Å². The third-order valence-electron chi connectivity index (χ3n) is 5.25. The molecular formula is C24H26N4O2S. The van der Waals surface area contributed by atoms with Crippen molar-refractivity contribution >= 4 is 22.2 Å². The molecular weight excluding hydrogens is 408 g/mol. The zero-order valence-electron chi connectivity index (χ0n) is 17.8. The van der Waals surface area contributed by atoms with Gasteiger partial charge in [0.25, 0.3) is 0 Å². The number of amides is 1. The summed E-state index contributed by atoms with van der Waals surface area (Å²) in [6.45, 7) is 2.67. The quantitative estimate of drug-likeness (QED) is 0.422. The second-order valence-electron chi connectivity index (χ2n) is 7.41. The second-order valence-corrected chi connectivity index (χ2v) is 8.47. The summed E-state index contributed by atoms with van der Waals surface area (Å²) in [6, 6.07) is 18.0. The van der Waals surface area contributed by atoms with E-state index in [1.165, 1.54) is 10.4 Å². The Labute approximate surface area is 185 Å². The molecule has 0 aliphatic heterocycles. The number of hydrogen-bond acceptors (Lipinski definition) is 5. The predicted octanol–water partition coefficient (Wildman–Crippen LogP) is 4.46. The zero-order valence-corrected chi connectivity index (χ0v) is 18.6. The first-order chi connectivity index (χ1) is 15.1. The number of fused-ring (bicyclic) bond motifs is 1. The largest absolute Gasteiger partial charge is 0.497 e. The molecule has 0 saturated carbocycles. The highest BCUT2D eigenvalue weighted by atomic mass is 32.1. The minimum atomic E-state index is 0.106. The number of hydrogen-bond donors (Lipinski definition) is 1. The van der Waals surface area contributed by atoms with E-state index in [4.69, 9.17) is 4.74 Å². The number of methoxy groups -OCH3 is 1. The fraction of sp³-hybridized carbons (Fsp3) is 0.292. The fourth-order valence-corrected chi connectivity index (χ4v) is 4.54. The number of aryl methyl sites for hydroxylation is 2. The standard InChI is InChI=1S/C24H26N4O2S/c1-17-21(15-16-25-22(29)10-6-9-18-7-4-3-5-8-18)31-24-26-23(27-28(17)24)19-11-13-20(30-2)14-12-19/h3-5,7-8,11-14H,6,9-10,15-16H2,1-2H3,(H,25,29). The Bertz CT molecular complexity index is 1150. The van der Waals surface area contributed by atoms with Crippen molar-refractivity contribution in [3.05, 3.63) is 70.7 Å². The summed E-state index contributed by atoms with van der Waals surface area (Å²) in [5.41, 5.74) is 3.31. The lowest BCUT2D eigenvalue weighted by molar-refractivity contribution is -0.121. The van der Waals surface area contributed by atoms with Gasteiger partial charge in [-0.05, 0) is 49.6 Å². The molecule has 1 amide bonds. The van der Waals surface area contributed by atoms with E-state index in [1.807, 2.05) is 53.9 Å². The molecule has 0 aliphatic carbocycles. The first-order valence-electron chi connectivity index (χ1n) is 10.4. The van der Waals surface area contributed by atoms with Crippen LogP contribution in [0.2, 0.25) is 0 Å². The SMILES string of the molecule is COc1ccc(-c2nc3sc(CCNC(=O)CCCc4ccccc4)c(C)n3n2)cc1. The molecule has 31 heavy (non-hydrogen) atoms. The van der Waals surface area contributed by atoms with Crippen LogP contribution < -0.4 is 10.1 Å². The minimum Gasteiger partial charge on any atom is -0.497 e. The number of carbonyl (C=O) groups excluding carboxylic acids is 1. The van der Waals surface area contributed by atoms with Gasteiger partial charge < -0.3 is 10.1 Å². The number of ether oxygens (including phenoxy) is 1. The molecule has 0 unspecified atom stereocenters. The maximum absolute atomic E-state index is 12.1. The van der Waals surface area contributed by atoms with Crippen LogP contribution in [0.3, 0.4) is 0 Å². The molecule has 0 bridgehead atoms. The Morgan fingerprint density at radius 2 is 1.87 bits per heavy atom. The van der Waals surface area contributed by atoms with Crippen molar-refractivity contribution in [2.24, 2.45) is 0 Å². The molecule has 4 aromatic rings. The number of carbonyl (C=O) groups is 1. The zero-order chi connectivity index (χ0) is 21.6. The highest BCUT2D eigenvalue weighted by molar-refractivity contribution is 7.17. The van der Waals surface area contributed by atoms with Crippen molar-refractivity contribution in [3.63, 3.8) is 0 Å². The minimum absolute atomic E-state index is 0.106. The summed E-state index contributed by atoms with van der Waals surface area (Å²) < 4.78 is 7.10. The summed E-state index contributed by atoms with van der Waals surface area (Å²) in [5.74, 6) is 1.62. The third kappa shape index (κ3) is 5.11. The lowest BCUT2D eigenvalue weighted by atomic mass is 10.1. The Kier molecular flexibility index (Phi) is 6.62. The lowest BCUT2D eigenvalue weighted by Crippen LogP contribution is -2.25. The highest BCUT2D eigenvalue weighted by Gasteiger charge is 2.14. The molecule has 2 aromatic carbocycles. The number of aromatic nitrogens is 3. The van der Waals surface area contributed by atoms with Gasteiger partial charge in [-0.3, -0.25) is 4.79 Å². The third-order valence-corrected chi connectivity index (χ3v) is 6.44. The van der Waals surface area contributed by atoms with Gasteiger partial charge in [-0.2, -0.15) is 4.98 Å². The van der Waals surface area contributed by atoms with Crippen LogP contribution >= 0.6 is 11.3 Å². The first-order valence-corrected chi connectivity index (χ1v) is 11.3. The molecule has 2 aromatic heterocycles. The van der Waals surface area contributed by atoms with Crippen LogP contribution in [0, 0.1) is 6.92 Å². The molecule has 0 atom stereocenters. The van der Waals surface area contributed by atoms with Gasteiger partial charge in [0.1, 0.15) is 5.75 Å². The molecule has 0 fully saturated rings. The summed E-state index contributed by atoms with van der Waals surface area (Å²) in [6.07, 6.45) is 3.12. The number of benzene rings is 2. The van der Waals surface area contributed by atoms with Crippen molar-refractivity contribution in [1.29, 1.82) is 0 Å². The summed E-state index contributed by atoms with van der Waals surface area (Å²) in [5, 5.41) is 7.69. The lowest BCUT2D eigenvalue weighted by Gasteiger charge is -2.05. The number of thiazole rings is 1. The van der Waals surface area contributed by atoms with Crippen LogP contribution in [-0.4, -0.2) is 34.2 Å². The Balaban J connectivity index is 1.29. The van der Waals surface area contributed by atoms with E-state index < -0.39 is 0 Å². The van der Waals surface area contributed by atoms with E-state index in [-0.39, 0.29) is 5.91 Å². The van der Waals surface area contributed by atoms with Crippen LogP contribution in [0.1, 0.15) is 29.0 Å². The normalized spacial score (nSPS) is 11.0. The van der Waals surface area contributed by atoms with Gasteiger partial charge in [-0.15, -0.1) is 5.10 Å². The summed E-state index contributed by atoms with van der Waals surface area (Å²) in [7, 11) is 1.65. The van der Waals surface area contributed by atoms with Gasteiger partial charge in [-0.25, -0.2) is 4.52 Å². The van der Waals surface area contributed by atoms with Crippen molar-refractivity contribution in [3.8, 4) is 17.1 Å². The van der Waals surface area contributed by atoms with Gasteiger partial charge in [-0.1, -0.05) is 41.7 Å². The molecule has 1 N–H and O–H groups in total. The van der Waals surface area contributed by atoms with Crippen LogP contribution in [0.25, 0.3) is 16.3 Å². The van der Waals surface area contributed by atoms with Crippen LogP contribution in [0.5, 0.6) is 5.75 Å². The van der Waals surface area contributed by atoms with E-state index in [2.05, 4.69) is 27.5 Å².